The number of benzene rings is 2. The highest BCUT2D eigenvalue weighted by atomic mass is 16.6. The maximum atomic E-state index is 12.0. The number of hydrogen-bond donors (Lipinski definition) is 2. The maximum Gasteiger partial charge on any atom is 0.319 e. The monoisotopic (exact) mass is 313 g/mol. The topological polar surface area (TPSA) is 84.3 Å². The SMILES string of the molecule is Cc1ccc(C(C)NC(=O)Nc2ccc([N+](=O)[O-])c(C)c2)cc1. The van der Waals surface area contributed by atoms with Gasteiger partial charge in [0.1, 0.15) is 0 Å². The van der Waals surface area contributed by atoms with Gasteiger partial charge in [-0.15, -0.1) is 0 Å². The van der Waals surface area contributed by atoms with Crippen molar-refractivity contribution in [2.24, 2.45) is 0 Å². The molecule has 0 aliphatic rings. The van der Waals surface area contributed by atoms with Crippen molar-refractivity contribution < 1.29 is 9.72 Å². The molecule has 0 radical (unpaired) electrons. The molecular formula is C17H19N3O3. The molecule has 120 valence electrons. The summed E-state index contributed by atoms with van der Waals surface area (Å²) in [6.07, 6.45) is 0. The molecule has 0 bridgehead atoms. The lowest BCUT2D eigenvalue weighted by molar-refractivity contribution is -0.385. The van der Waals surface area contributed by atoms with E-state index in [1.165, 1.54) is 12.1 Å². The first kappa shape index (κ1) is 16.5. The Morgan fingerprint density at radius 1 is 1.13 bits per heavy atom. The lowest BCUT2D eigenvalue weighted by Gasteiger charge is -2.15. The van der Waals surface area contributed by atoms with E-state index in [4.69, 9.17) is 0 Å². The summed E-state index contributed by atoms with van der Waals surface area (Å²) in [6.45, 7) is 5.53. The average Bonchev–Trinajstić information content (AvgIpc) is 2.47. The molecular weight excluding hydrogens is 294 g/mol. The van der Waals surface area contributed by atoms with E-state index in [0.29, 0.717) is 11.3 Å². The van der Waals surface area contributed by atoms with Crippen LogP contribution in [0, 0.1) is 24.0 Å². The van der Waals surface area contributed by atoms with E-state index in [0.717, 1.165) is 11.1 Å². The lowest BCUT2D eigenvalue weighted by atomic mass is 10.1. The molecule has 0 spiro atoms. The van der Waals surface area contributed by atoms with Crippen LogP contribution in [0.2, 0.25) is 0 Å². The van der Waals surface area contributed by atoms with Gasteiger partial charge in [-0.3, -0.25) is 10.1 Å². The van der Waals surface area contributed by atoms with Gasteiger partial charge in [0.2, 0.25) is 0 Å². The van der Waals surface area contributed by atoms with Crippen LogP contribution in [0.3, 0.4) is 0 Å². The number of nitrogens with zero attached hydrogens (tertiary/aromatic N) is 1. The van der Waals surface area contributed by atoms with Gasteiger partial charge in [0.25, 0.3) is 5.69 Å². The van der Waals surface area contributed by atoms with Gasteiger partial charge >= 0.3 is 6.03 Å². The Morgan fingerprint density at radius 3 is 2.35 bits per heavy atom. The molecule has 2 aromatic rings. The van der Waals surface area contributed by atoms with Gasteiger partial charge in [0, 0.05) is 17.3 Å². The molecule has 6 nitrogen and oxygen atoms in total. The number of nitro benzene ring substituents is 1. The molecule has 0 aliphatic heterocycles. The lowest BCUT2D eigenvalue weighted by Crippen LogP contribution is -2.31. The van der Waals surface area contributed by atoms with E-state index in [9.17, 15) is 14.9 Å². The third-order valence-corrected chi connectivity index (χ3v) is 3.58. The summed E-state index contributed by atoms with van der Waals surface area (Å²) in [5.41, 5.74) is 3.21. The smallest absolute Gasteiger partial charge is 0.319 e. The highest BCUT2D eigenvalue weighted by Gasteiger charge is 2.13. The molecule has 23 heavy (non-hydrogen) atoms. The second kappa shape index (κ2) is 6.91. The molecule has 0 heterocycles. The van der Waals surface area contributed by atoms with Gasteiger partial charge in [-0.2, -0.15) is 0 Å². The molecule has 0 saturated heterocycles. The van der Waals surface area contributed by atoms with E-state index in [2.05, 4.69) is 10.6 Å². The number of carbonyl (C=O) groups excluding carboxylic acids is 1. The van der Waals surface area contributed by atoms with Crippen LogP contribution in [0.1, 0.15) is 29.7 Å². The largest absolute Gasteiger partial charge is 0.331 e. The quantitative estimate of drug-likeness (QED) is 0.658. The normalized spacial score (nSPS) is 11.6. The second-order valence-electron chi connectivity index (χ2n) is 5.49. The van der Waals surface area contributed by atoms with E-state index < -0.39 is 4.92 Å². The number of hydrogen-bond acceptors (Lipinski definition) is 3. The summed E-state index contributed by atoms with van der Waals surface area (Å²) in [7, 11) is 0. The van der Waals surface area contributed by atoms with Crippen molar-refractivity contribution >= 4 is 17.4 Å². The maximum absolute atomic E-state index is 12.0. The summed E-state index contributed by atoms with van der Waals surface area (Å²) in [5, 5.41) is 16.3. The third-order valence-electron chi connectivity index (χ3n) is 3.58. The van der Waals surface area contributed by atoms with Gasteiger partial charge < -0.3 is 10.6 Å². The van der Waals surface area contributed by atoms with Gasteiger partial charge in [-0.05, 0) is 38.5 Å². The molecule has 1 atom stereocenters. The van der Waals surface area contributed by atoms with Crippen LogP contribution in [0.4, 0.5) is 16.2 Å². The molecule has 1 unspecified atom stereocenters. The first-order valence-corrected chi connectivity index (χ1v) is 7.26. The van der Waals surface area contributed by atoms with Crippen LogP contribution >= 0.6 is 0 Å². The minimum absolute atomic E-state index is 0.0315. The average molecular weight is 313 g/mol. The van der Waals surface area contributed by atoms with Gasteiger partial charge in [0.15, 0.2) is 0 Å². The van der Waals surface area contributed by atoms with E-state index >= 15 is 0 Å². The molecule has 2 amide bonds. The van der Waals surface area contributed by atoms with Crippen LogP contribution in [-0.4, -0.2) is 11.0 Å². The highest BCUT2D eigenvalue weighted by Crippen LogP contribution is 2.21. The number of urea groups is 1. The van der Waals surface area contributed by atoms with Gasteiger partial charge in [-0.1, -0.05) is 29.8 Å². The van der Waals surface area contributed by atoms with Gasteiger partial charge in [0.05, 0.1) is 11.0 Å². The van der Waals surface area contributed by atoms with Crippen LogP contribution < -0.4 is 10.6 Å². The Morgan fingerprint density at radius 2 is 1.78 bits per heavy atom. The number of aryl methyl sites for hydroxylation is 2. The van der Waals surface area contributed by atoms with Crippen molar-refractivity contribution in [1.82, 2.24) is 5.32 Å². The summed E-state index contributed by atoms with van der Waals surface area (Å²) in [5.74, 6) is 0. The zero-order valence-corrected chi connectivity index (χ0v) is 13.3. The third kappa shape index (κ3) is 4.29. The Hall–Kier alpha value is -2.89. The van der Waals surface area contributed by atoms with Crippen LogP contribution in [0.5, 0.6) is 0 Å². The van der Waals surface area contributed by atoms with Crippen molar-refractivity contribution in [1.29, 1.82) is 0 Å². The molecule has 0 saturated carbocycles. The molecule has 0 fully saturated rings. The minimum Gasteiger partial charge on any atom is -0.331 e. The summed E-state index contributed by atoms with van der Waals surface area (Å²) >= 11 is 0. The minimum atomic E-state index is -0.446. The van der Waals surface area contributed by atoms with E-state index in [1.807, 2.05) is 38.1 Å². The number of rotatable bonds is 4. The Kier molecular flexibility index (Phi) is 4.95. The fraction of sp³-hybridized carbons (Fsp3) is 0.235. The predicted molar refractivity (Wildman–Crippen MR) is 89.6 cm³/mol. The Bertz CT molecular complexity index is 726. The number of amides is 2. The standard InChI is InChI=1S/C17H19N3O3/c1-11-4-6-14(7-5-11)13(3)18-17(21)19-15-8-9-16(20(22)23)12(2)10-15/h4-10,13H,1-3H3,(H2,18,19,21). The molecule has 2 aromatic carbocycles. The van der Waals surface area contributed by atoms with Crippen molar-refractivity contribution in [3.8, 4) is 0 Å². The Labute approximate surface area is 134 Å². The van der Waals surface area contributed by atoms with Crippen LogP contribution in [-0.2, 0) is 0 Å². The van der Waals surface area contributed by atoms with E-state index in [1.54, 1.807) is 13.0 Å². The fourth-order valence-electron chi connectivity index (χ4n) is 2.24. The van der Waals surface area contributed by atoms with Crippen LogP contribution in [0.25, 0.3) is 0 Å². The van der Waals surface area contributed by atoms with Crippen LogP contribution in [0.15, 0.2) is 42.5 Å². The predicted octanol–water partition coefficient (Wildman–Crippen LogP) is 4.09. The van der Waals surface area contributed by atoms with Crippen molar-refractivity contribution in [3.05, 3.63) is 69.3 Å². The number of carbonyl (C=O) groups is 1. The van der Waals surface area contributed by atoms with Crippen molar-refractivity contribution in [2.75, 3.05) is 5.32 Å². The second-order valence-corrected chi connectivity index (χ2v) is 5.49. The molecule has 2 N–H and O–H groups in total. The summed E-state index contributed by atoms with van der Waals surface area (Å²) < 4.78 is 0. The van der Waals surface area contributed by atoms with Crippen molar-refractivity contribution in [2.45, 2.75) is 26.8 Å². The van der Waals surface area contributed by atoms with E-state index in [-0.39, 0.29) is 17.8 Å². The number of nitrogens with one attached hydrogen (secondary N) is 2. The Balaban J connectivity index is 2.00. The molecule has 0 aliphatic carbocycles. The first-order valence-electron chi connectivity index (χ1n) is 7.26. The number of anilines is 1. The summed E-state index contributed by atoms with van der Waals surface area (Å²) in [6, 6.07) is 11.9. The molecule has 0 aromatic heterocycles. The molecule has 6 heteroatoms. The molecule has 2 rings (SSSR count). The zero-order valence-electron chi connectivity index (χ0n) is 13.3. The first-order chi connectivity index (χ1) is 10.9. The summed E-state index contributed by atoms with van der Waals surface area (Å²) in [4.78, 5) is 22.4. The van der Waals surface area contributed by atoms with Gasteiger partial charge in [-0.25, -0.2) is 4.79 Å². The zero-order chi connectivity index (χ0) is 17.0. The van der Waals surface area contributed by atoms with Crippen molar-refractivity contribution in [3.63, 3.8) is 0 Å². The highest BCUT2D eigenvalue weighted by molar-refractivity contribution is 5.89. The number of nitro groups is 1. The fourth-order valence-corrected chi connectivity index (χ4v) is 2.24.